The van der Waals surface area contributed by atoms with Crippen LogP contribution in [-0.4, -0.2) is 5.97 Å². The second kappa shape index (κ2) is 5.57. The van der Waals surface area contributed by atoms with Crippen molar-refractivity contribution in [3.05, 3.63) is 78.4 Å². The van der Waals surface area contributed by atoms with Gasteiger partial charge in [0.2, 0.25) is 0 Å². The van der Waals surface area contributed by atoms with Crippen LogP contribution in [0, 0.1) is 0 Å². The lowest BCUT2D eigenvalue weighted by Gasteiger charge is -2.26. The monoisotopic (exact) mass is 278 g/mol. The van der Waals surface area contributed by atoms with Crippen LogP contribution < -0.4 is 4.74 Å². The van der Waals surface area contributed by atoms with Crippen LogP contribution >= 0.6 is 0 Å². The molecule has 1 heterocycles. The summed E-state index contributed by atoms with van der Waals surface area (Å²) in [5.74, 6) is 0.518. The average Bonchev–Trinajstić information content (AvgIpc) is 2.81. The van der Waals surface area contributed by atoms with Crippen LogP contribution in [-0.2, 0) is 10.2 Å². The summed E-state index contributed by atoms with van der Waals surface area (Å²) in [6, 6.07) is 17.7. The molecule has 0 unspecified atom stereocenters. The van der Waals surface area contributed by atoms with Gasteiger partial charge < -0.3 is 4.74 Å². The molecule has 21 heavy (non-hydrogen) atoms. The molecule has 0 radical (unpaired) electrons. The van der Waals surface area contributed by atoms with Crippen molar-refractivity contribution in [2.75, 3.05) is 0 Å². The van der Waals surface area contributed by atoms with Gasteiger partial charge in [0.25, 0.3) is 0 Å². The van der Waals surface area contributed by atoms with E-state index in [1.165, 1.54) is 0 Å². The minimum absolute atomic E-state index is 0.168. The molecule has 0 aromatic heterocycles. The number of rotatable bonds is 5. The third-order valence-corrected chi connectivity index (χ3v) is 4.12. The number of carbonyl (C=O) groups is 1. The van der Waals surface area contributed by atoms with Crippen molar-refractivity contribution in [2.24, 2.45) is 0 Å². The van der Waals surface area contributed by atoms with E-state index in [2.05, 4.69) is 6.58 Å². The average molecular weight is 278 g/mol. The Balaban J connectivity index is 2.13. The highest BCUT2D eigenvalue weighted by molar-refractivity contribution is 5.94. The highest BCUT2D eigenvalue weighted by Gasteiger charge is 2.49. The van der Waals surface area contributed by atoms with E-state index in [0.29, 0.717) is 5.75 Å². The molecule has 2 aromatic carbocycles. The second-order valence-electron chi connectivity index (χ2n) is 5.34. The van der Waals surface area contributed by atoms with Crippen LogP contribution in [0.1, 0.15) is 30.4 Å². The van der Waals surface area contributed by atoms with E-state index >= 15 is 0 Å². The van der Waals surface area contributed by atoms with Gasteiger partial charge in [-0.05, 0) is 30.9 Å². The van der Waals surface area contributed by atoms with E-state index < -0.39 is 5.41 Å². The molecular weight excluding hydrogens is 260 g/mol. The predicted octanol–water partition coefficient (Wildman–Crippen LogP) is 4.25. The number of esters is 1. The molecule has 0 amide bonds. The Hall–Kier alpha value is -2.35. The number of benzene rings is 2. The molecule has 0 N–H and O–H groups in total. The molecule has 0 bridgehead atoms. The van der Waals surface area contributed by atoms with Gasteiger partial charge in [0.05, 0.1) is 0 Å². The summed E-state index contributed by atoms with van der Waals surface area (Å²) in [5, 5.41) is 0. The van der Waals surface area contributed by atoms with E-state index in [1.54, 1.807) is 0 Å². The SMILES string of the molecule is C=CCCC[C@@]1(c2ccccc2)C(=O)Oc2ccccc21. The topological polar surface area (TPSA) is 26.3 Å². The number of allylic oxidation sites excluding steroid dienone is 1. The fraction of sp³-hybridized carbons (Fsp3) is 0.211. The molecule has 1 aliphatic rings. The molecule has 106 valence electrons. The maximum Gasteiger partial charge on any atom is 0.326 e. The second-order valence-corrected chi connectivity index (χ2v) is 5.34. The van der Waals surface area contributed by atoms with Gasteiger partial charge in [-0.1, -0.05) is 54.6 Å². The third-order valence-electron chi connectivity index (χ3n) is 4.12. The van der Waals surface area contributed by atoms with Gasteiger partial charge in [0.15, 0.2) is 0 Å². The van der Waals surface area contributed by atoms with E-state index in [1.807, 2.05) is 60.7 Å². The Morgan fingerprint density at radius 1 is 1.05 bits per heavy atom. The van der Waals surface area contributed by atoms with Gasteiger partial charge in [-0.3, -0.25) is 4.79 Å². The number of hydrogen-bond acceptors (Lipinski definition) is 2. The van der Waals surface area contributed by atoms with Crippen molar-refractivity contribution < 1.29 is 9.53 Å². The zero-order valence-electron chi connectivity index (χ0n) is 11.9. The van der Waals surface area contributed by atoms with Gasteiger partial charge >= 0.3 is 5.97 Å². The largest absolute Gasteiger partial charge is 0.425 e. The molecule has 2 nitrogen and oxygen atoms in total. The molecule has 0 fully saturated rings. The number of ether oxygens (including phenoxy) is 1. The van der Waals surface area contributed by atoms with Gasteiger partial charge in [0, 0.05) is 5.56 Å². The first kappa shape index (κ1) is 13.6. The lowest BCUT2D eigenvalue weighted by molar-refractivity contribution is -0.137. The minimum atomic E-state index is -0.680. The molecular formula is C19H18O2. The van der Waals surface area contributed by atoms with Crippen LogP contribution in [0.5, 0.6) is 5.75 Å². The fourth-order valence-corrected chi connectivity index (χ4v) is 3.09. The molecule has 3 rings (SSSR count). The maximum atomic E-state index is 12.7. The number of hydrogen-bond donors (Lipinski definition) is 0. The molecule has 0 spiro atoms. The molecule has 0 saturated carbocycles. The number of fused-ring (bicyclic) bond motifs is 1. The Kier molecular flexibility index (Phi) is 3.61. The maximum absolute atomic E-state index is 12.7. The van der Waals surface area contributed by atoms with Crippen molar-refractivity contribution in [3.63, 3.8) is 0 Å². The van der Waals surface area contributed by atoms with Crippen LogP contribution in [0.25, 0.3) is 0 Å². The lowest BCUT2D eigenvalue weighted by atomic mass is 9.72. The molecule has 2 heteroatoms. The summed E-state index contributed by atoms with van der Waals surface area (Å²) in [5.41, 5.74) is 1.30. The smallest absolute Gasteiger partial charge is 0.326 e. The normalized spacial score (nSPS) is 19.9. The first-order valence-electron chi connectivity index (χ1n) is 7.27. The van der Waals surface area contributed by atoms with Gasteiger partial charge in [0.1, 0.15) is 11.2 Å². The lowest BCUT2D eigenvalue weighted by Crippen LogP contribution is -2.35. The van der Waals surface area contributed by atoms with Gasteiger partial charge in [-0.15, -0.1) is 6.58 Å². The predicted molar refractivity (Wildman–Crippen MR) is 83.3 cm³/mol. The van der Waals surface area contributed by atoms with Gasteiger partial charge in [-0.25, -0.2) is 0 Å². The molecule has 0 aliphatic carbocycles. The van der Waals surface area contributed by atoms with E-state index in [-0.39, 0.29) is 5.97 Å². The highest BCUT2D eigenvalue weighted by atomic mass is 16.5. The fourth-order valence-electron chi connectivity index (χ4n) is 3.09. The van der Waals surface area contributed by atoms with Gasteiger partial charge in [-0.2, -0.15) is 0 Å². The molecule has 1 aliphatic heterocycles. The Labute approximate surface area is 125 Å². The summed E-state index contributed by atoms with van der Waals surface area (Å²) in [4.78, 5) is 12.7. The van der Waals surface area contributed by atoms with Crippen molar-refractivity contribution in [1.82, 2.24) is 0 Å². The zero-order valence-corrected chi connectivity index (χ0v) is 11.9. The first-order valence-corrected chi connectivity index (χ1v) is 7.27. The van der Waals surface area contributed by atoms with Crippen molar-refractivity contribution >= 4 is 5.97 Å². The number of carbonyl (C=O) groups excluding carboxylic acids is 1. The first-order chi connectivity index (χ1) is 10.3. The van der Waals surface area contributed by atoms with Crippen LogP contribution in [0.4, 0.5) is 0 Å². The number of para-hydroxylation sites is 1. The summed E-state index contributed by atoms with van der Waals surface area (Å²) >= 11 is 0. The Morgan fingerprint density at radius 3 is 2.52 bits per heavy atom. The quantitative estimate of drug-likeness (QED) is 0.354. The van der Waals surface area contributed by atoms with Crippen molar-refractivity contribution in [3.8, 4) is 5.75 Å². The summed E-state index contributed by atoms with van der Waals surface area (Å²) < 4.78 is 5.54. The van der Waals surface area contributed by atoms with E-state index in [0.717, 1.165) is 30.4 Å². The van der Waals surface area contributed by atoms with Crippen LogP contribution in [0.2, 0.25) is 0 Å². The minimum Gasteiger partial charge on any atom is -0.425 e. The molecule has 2 aromatic rings. The molecule has 0 saturated heterocycles. The van der Waals surface area contributed by atoms with Crippen LogP contribution in [0.15, 0.2) is 67.3 Å². The highest BCUT2D eigenvalue weighted by Crippen LogP contribution is 2.47. The third kappa shape index (κ3) is 2.17. The molecule has 1 atom stereocenters. The number of unbranched alkanes of at least 4 members (excludes halogenated alkanes) is 1. The standard InChI is InChI=1S/C19H18O2/c1-2-3-9-14-19(15-10-5-4-6-11-15)16-12-7-8-13-17(16)21-18(19)20/h2,4-8,10-13H,1,3,9,14H2/t19-/m0/s1. The van der Waals surface area contributed by atoms with E-state index in [4.69, 9.17) is 4.74 Å². The Bertz CT molecular complexity index is 660. The van der Waals surface area contributed by atoms with E-state index in [9.17, 15) is 4.79 Å². The summed E-state index contributed by atoms with van der Waals surface area (Å²) in [6.45, 7) is 3.77. The van der Waals surface area contributed by atoms with Crippen molar-refractivity contribution in [2.45, 2.75) is 24.7 Å². The van der Waals surface area contributed by atoms with Crippen LogP contribution in [0.3, 0.4) is 0 Å². The summed E-state index contributed by atoms with van der Waals surface area (Å²) in [7, 11) is 0. The van der Waals surface area contributed by atoms with Crippen molar-refractivity contribution in [1.29, 1.82) is 0 Å². The Morgan fingerprint density at radius 2 is 1.76 bits per heavy atom. The zero-order chi connectivity index (χ0) is 14.7. The summed E-state index contributed by atoms with van der Waals surface area (Å²) in [6.07, 6.45) is 4.43.